The molecule has 0 aliphatic carbocycles. The second kappa shape index (κ2) is 7.76. The van der Waals surface area contributed by atoms with Gasteiger partial charge in [0.25, 0.3) is 0 Å². The fourth-order valence-corrected chi connectivity index (χ4v) is 2.08. The van der Waals surface area contributed by atoms with Crippen molar-refractivity contribution in [2.45, 2.75) is 45.1 Å². The van der Waals surface area contributed by atoms with Gasteiger partial charge in [0, 0.05) is 19.0 Å². The summed E-state index contributed by atoms with van der Waals surface area (Å²) in [6.45, 7) is 2.45. The van der Waals surface area contributed by atoms with Crippen LogP contribution in [0.2, 0.25) is 0 Å². The van der Waals surface area contributed by atoms with Crippen molar-refractivity contribution in [1.82, 2.24) is 10.2 Å². The van der Waals surface area contributed by atoms with Gasteiger partial charge in [-0.05, 0) is 19.8 Å². The van der Waals surface area contributed by atoms with Crippen LogP contribution >= 0.6 is 0 Å². The minimum Gasteiger partial charge on any atom is -0.469 e. The number of hydrogen-bond acceptors (Lipinski definition) is 4. The lowest BCUT2D eigenvalue weighted by atomic mass is 10.2. The van der Waals surface area contributed by atoms with E-state index >= 15 is 0 Å². The Kier molecular flexibility index (Phi) is 6.32. The van der Waals surface area contributed by atoms with Crippen LogP contribution in [0.4, 0.5) is 0 Å². The summed E-state index contributed by atoms with van der Waals surface area (Å²) >= 11 is 0. The number of nitrogens with one attached hydrogen (secondary N) is 1. The van der Waals surface area contributed by atoms with Crippen LogP contribution in [-0.4, -0.2) is 48.9 Å². The largest absolute Gasteiger partial charge is 0.469 e. The molecule has 1 unspecified atom stereocenters. The van der Waals surface area contributed by atoms with Gasteiger partial charge in [0.2, 0.25) is 11.8 Å². The smallest absolute Gasteiger partial charge is 0.307 e. The molecule has 1 heterocycles. The number of nitrogens with zero attached hydrogens (tertiary/aromatic N) is 1. The molecule has 1 fully saturated rings. The van der Waals surface area contributed by atoms with E-state index in [0.717, 1.165) is 19.3 Å². The van der Waals surface area contributed by atoms with Gasteiger partial charge in [0.05, 0.1) is 20.1 Å². The van der Waals surface area contributed by atoms with E-state index in [1.54, 1.807) is 11.8 Å². The SMILES string of the molecule is COC(=O)CC(C)NC(=O)CN1CCCCCC1=O. The van der Waals surface area contributed by atoms with Gasteiger partial charge in [-0.2, -0.15) is 0 Å². The maximum Gasteiger partial charge on any atom is 0.307 e. The van der Waals surface area contributed by atoms with Crippen molar-refractivity contribution in [1.29, 1.82) is 0 Å². The summed E-state index contributed by atoms with van der Waals surface area (Å²) in [7, 11) is 1.31. The topological polar surface area (TPSA) is 75.7 Å². The van der Waals surface area contributed by atoms with Gasteiger partial charge in [-0.3, -0.25) is 14.4 Å². The van der Waals surface area contributed by atoms with Crippen LogP contribution in [0.15, 0.2) is 0 Å². The number of amides is 2. The number of ether oxygens (including phenoxy) is 1. The van der Waals surface area contributed by atoms with Crippen LogP contribution in [0.25, 0.3) is 0 Å². The number of methoxy groups -OCH3 is 1. The van der Waals surface area contributed by atoms with Crippen molar-refractivity contribution in [3.8, 4) is 0 Å². The Balaban J connectivity index is 2.37. The molecule has 1 aliphatic rings. The van der Waals surface area contributed by atoms with E-state index in [9.17, 15) is 14.4 Å². The average molecular weight is 270 g/mol. The monoisotopic (exact) mass is 270 g/mol. The van der Waals surface area contributed by atoms with E-state index in [2.05, 4.69) is 10.1 Å². The van der Waals surface area contributed by atoms with Crippen molar-refractivity contribution in [3.05, 3.63) is 0 Å². The van der Waals surface area contributed by atoms with Crippen LogP contribution < -0.4 is 5.32 Å². The molecule has 0 spiro atoms. The van der Waals surface area contributed by atoms with Crippen LogP contribution in [0.3, 0.4) is 0 Å². The highest BCUT2D eigenvalue weighted by atomic mass is 16.5. The van der Waals surface area contributed by atoms with E-state index in [4.69, 9.17) is 0 Å². The molecule has 0 aromatic heterocycles. The van der Waals surface area contributed by atoms with Crippen molar-refractivity contribution in [3.63, 3.8) is 0 Å². The number of carbonyl (C=O) groups is 3. The standard InChI is InChI=1S/C13H22N2O4/c1-10(8-13(18)19-2)14-11(16)9-15-7-5-3-4-6-12(15)17/h10H,3-9H2,1-2H3,(H,14,16). The lowest BCUT2D eigenvalue weighted by molar-refractivity contribution is -0.141. The molecule has 19 heavy (non-hydrogen) atoms. The lowest BCUT2D eigenvalue weighted by Gasteiger charge is -2.21. The van der Waals surface area contributed by atoms with Crippen molar-refractivity contribution < 1.29 is 19.1 Å². The first kappa shape index (κ1) is 15.5. The summed E-state index contributed by atoms with van der Waals surface area (Å²) in [5, 5.41) is 2.70. The van der Waals surface area contributed by atoms with Crippen molar-refractivity contribution >= 4 is 17.8 Å². The molecule has 1 saturated heterocycles. The molecular formula is C13H22N2O4. The Morgan fingerprint density at radius 3 is 2.79 bits per heavy atom. The minimum atomic E-state index is -0.362. The third kappa shape index (κ3) is 5.72. The minimum absolute atomic E-state index is 0.0354. The average Bonchev–Trinajstić information content (AvgIpc) is 2.54. The first-order chi connectivity index (χ1) is 9.02. The third-order valence-corrected chi connectivity index (χ3v) is 3.11. The molecule has 1 atom stereocenters. The fraction of sp³-hybridized carbons (Fsp3) is 0.769. The van der Waals surface area contributed by atoms with Crippen LogP contribution in [0.1, 0.15) is 39.0 Å². The Morgan fingerprint density at radius 2 is 2.11 bits per heavy atom. The van der Waals surface area contributed by atoms with Gasteiger partial charge in [0.15, 0.2) is 0 Å². The zero-order chi connectivity index (χ0) is 14.3. The van der Waals surface area contributed by atoms with Gasteiger partial charge < -0.3 is 15.0 Å². The van der Waals surface area contributed by atoms with E-state index in [1.807, 2.05) is 0 Å². The predicted octanol–water partition coefficient (Wildman–Crippen LogP) is 0.457. The van der Waals surface area contributed by atoms with Gasteiger partial charge in [-0.15, -0.1) is 0 Å². The molecule has 1 rings (SSSR count). The molecule has 1 aliphatic heterocycles. The van der Waals surface area contributed by atoms with Gasteiger partial charge >= 0.3 is 5.97 Å². The Morgan fingerprint density at radius 1 is 1.37 bits per heavy atom. The van der Waals surface area contributed by atoms with Gasteiger partial charge in [-0.1, -0.05) is 6.42 Å². The normalized spacial score (nSPS) is 17.6. The Hall–Kier alpha value is -1.59. The highest BCUT2D eigenvalue weighted by Crippen LogP contribution is 2.10. The molecule has 1 N–H and O–H groups in total. The Labute approximate surface area is 113 Å². The number of rotatable bonds is 5. The van der Waals surface area contributed by atoms with Crippen LogP contribution in [-0.2, 0) is 19.1 Å². The molecule has 2 amide bonds. The molecule has 0 saturated carbocycles. The molecule has 0 bridgehead atoms. The summed E-state index contributed by atoms with van der Waals surface area (Å²) in [5.74, 6) is -0.557. The first-order valence-electron chi connectivity index (χ1n) is 6.67. The molecule has 6 heteroatoms. The maximum absolute atomic E-state index is 11.8. The summed E-state index contributed by atoms with van der Waals surface area (Å²) in [6.07, 6.45) is 3.52. The summed E-state index contributed by atoms with van der Waals surface area (Å²) in [5.41, 5.74) is 0. The molecule has 6 nitrogen and oxygen atoms in total. The van der Waals surface area contributed by atoms with E-state index < -0.39 is 0 Å². The quantitative estimate of drug-likeness (QED) is 0.736. The van der Waals surface area contributed by atoms with Gasteiger partial charge in [0.1, 0.15) is 0 Å². The molecular weight excluding hydrogens is 248 g/mol. The summed E-state index contributed by atoms with van der Waals surface area (Å²) < 4.78 is 4.53. The number of carbonyl (C=O) groups excluding carboxylic acids is 3. The molecule has 108 valence electrons. The highest BCUT2D eigenvalue weighted by Gasteiger charge is 2.20. The predicted molar refractivity (Wildman–Crippen MR) is 69.3 cm³/mol. The second-order valence-electron chi connectivity index (χ2n) is 4.87. The lowest BCUT2D eigenvalue weighted by Crippen LogP contribution is -2.43. The third-order valence-electron chi connectivity index (χ3n) is 3.11. The molecule has 0 aromatic carbocycles. The van der Waals surface area contributed by atoms with E-state index in [-0.39, 0.29) is 36.8 Å². The van der Waals surface area contributed by atoms with Gasteiger partial charge in [-0.25, -0.2) is 0 Å². The highest BCUT2D eigenvalue weighted by molar-refractivity contribution is 5.85. The molecule has 0 aromatic rings. The zero-order valence-electron chi connectivity index (χ0n) is 11.6. The summed E-state index contributed by atoms with van der Waals surface area (Å²) in [4.78, 5) is 36.2. The number of esters is 1. The zero-order valence-corrected chi connectivity index (χ0v) is 11.6. The van der Waals surface area contributed by atoms with Crippen molar-refractivity contribution in [2.75, 3.05) is 20.2 Å². The first-order valence-corrected chi connectivity index (χ1v) is 6.67. The summed E-state index contributed by atoms with van der Waals surface area (Å²) in [6, 6.07) is -0.290. The number of hydrogen-bond donors (Lipinski definition) is 1. The number of likely N-dealkylation sites (tertiary alicyclic amines) is 1. The fourth-order valence-electron chi connectivity index (χ4n) is 2.08. The Bertz CT molecular complexity index is 344. The van der Waals surface area contributed by atoms with Crippen molar-refractivity contribution in [2.24, 2.45) is 0 Å². The molecule has 0 radical (unpaired) electrons. The van der Waals surface area contributed by atoms with E-state index in [0.29, 0.717) is 13.0 Å². The van der Waals surface area contributed by atoms with E-state index in [1.165, 1.54) is 7.11 Å². The maximum atomic E-state index is 11.8. The van der Waals surface area contributed by atoms with Crippen LogP contribution in [0.5, 0.6) is 0 Å². The van der Waals surface area contributed by atoms with Crippen LogP contribution in [0, 0.1) is 0 Å². The second-order valence-corrected chi connectivity index (χ2v) is 4.87.